The summed E-state index contributed by atoms with van der Waals surface area (Å²) in [5.41, 5.74) is 0.951. The van der Waals surface area contributed by atoms with Crippen molar-refractivity contribution in [2.75, 3.05) is 6.54 Å². The summed E-state index contributed by atoms with van der Waals surface area (Å²) in [6, 6.07) is 6.82. The van der Waals surface area contributed by atoms with Crippen LogP contribution in [-0.4, -0.2) is 29.3 Å². The number of carbonyl (C=O) groups excluding carboxylic acids is 2. The van der Waals surface area contributed by atoms with Crippen LogP contribution in [0, 0.1) is 11.8 Å². The topological polar surface area (TPSA) is 49.4 Å². The van der Waals surface area contributed by atoms with Gasteiger partial charge in [0.15, 0.2) is 0 Å². The van der Waals surface area contributed by atoms with Crippen LogP contribution in [0.25, 0.3) is 0 Å². The van der Waals surface area contributed by atoms with Crippen LogP contribution < -0.4 is 5.32 Å². The van der Waals surface area contributed by atoms with E-state index in [-0.39, 0.29) is 17.7 Å². The third-order valence-corrected chi connectivity index (χ3v) is 3.83. The molecule has 0 aromatic heterocycles. The van der Waals surface area contributed by atoms with Gasteiger partial charge >= 0.3 is 0 Å². The van der Waals surface area contributed by atoms with Gasteiger partial charge in [0.1, 0.15) is 6.04 Å². The fourth-order valence-corrected chi connectivity index (χ4v) is 2.24. The second-order valence-electron chi connectivity index (χ2n) is 6.56. The molecular formula is C18H27ClN2O2. The summed E-state index contributed by atoms with van der Waals surface area (Å²) in [4.78, 5) is 26.5. The van der Waals surface area contributed by atoms with Gasteiger partial charge in [-0.25, -0.2) is 0 Å². The summed E-state index contributed by atoms with van der Waals surface area (Å²) in [5, 5.41) is 3.55. The average Bonchev–Trinajstić information content (AvgIpc) is 2.50. The first-order valence-corrected chi connectivity index (χ1v) is 8.42. The molecule has 1 aromatic rings. The maximum atomic E-state index is 12.5. The number of carbonyl (C=O) groups is 2. The van der Waals surface area contributed by atoms with Gasteiger partial charge < -0.3 is 10.2 Å². The monoisotopic (exact) mass is 338 g/mol. The van der Waals surface area contributed by atoms with Crippen molar-refractivity contribution in [1.29, 1.82) is 0 Å². The van der Waals surface area contributed by atoms with Crippen LogP contribution in [0.5, 0.6) is 0 Å². The van der Waals surface area contributed by atoms with Crippen LogP contribution in [0.2, 0.25) is 5.02 Å². The first kappa shape index (κ1) is 19.5. The van der Waals surface area contributed by atoms with E-state index in [1.165, 1.54) is 0 Å². The highest BCUT2D eigenvalue weighted by Gasteiger charge is 2.27. The third-order valence-electron chi connectivity index (χ3n) is 3.57. The van der Waals surface area contributed by atoms with Gasteiger partial charge in [-0.1, -0.05) is 51.4 Å². The molecule has 0 bridgehead atoms. The number of amides is 2. The largest absolute Gasteiger partial charge is 0.354 e. The van der Waals surface area contributed by atoms with Gasteiger partial charge in [0, 0.05) is 24.0 Å². The molecule has 0 saturated heterocycles. The predicted molar refractivity (Wildman–Crippen MR) is 94.1 cm³/mol. The van der Waals surface area contributed by atoms with Crippen LogP contribution >= 0.6 is 11.6 Å². The molecule has 0 heterocycles. The van der Waals surface area contributed by atoms with Crippen molar-refractivity contribution in [3.63, 3.8) is 0 Å². The first-order chi connectivity index (χ1) is 10.7. The van der Waals surface area contributed by atoms with Crippen LogP contribution in [0.4, 0.5) is 0 Å². The molecule has 128 valence electrons. The van der Waals surface area contributed by atoms with E-state index >= 15 is 0 Å². The number of benzene rings is 1. The average molecular weight is 339 g/mol. The first-order valence-electron chi connectivity index (χ1n) is 8.05. The maximum absolute atomic E-state index is 12.5. The Hall–Kier alpha value is -1.55. The van der Waals surface area contributed by atoms with Crippen molar-refractivity contribution < 1.29 is 9.59 Å². The SMILES string of the molecule is CC(C)CNC(=O)[C@H](C)N(Cc1ccc(Cl)cc1)C(=O)C(C)C. The van der Waals surface area contributed by atoms with Gasteiger partial charge in [0.25, 0.3) is 0 Å². The second kappa shape index (κ2) is 8.92. The van der Waals surface area contributed by atoms with E-state index in [9.17, 15) is 9.59 Å². The molecular weight excluding hydrogens is 312 g/mol. The molecule has 2 amide bonds. The molecule has 1 aromatic carbocycles. The lowest BCUT2D eigenvalue weighted by Crippen LogP contribution is -2.49. The highest BCUT2D eigenvalue weighted by Crippen LogP contribution is 2.15. The molecule has 0 aliphatic heterocycles. The number of rotatable bonds is 7. The van der Waals surface area contributed by atoms with Gasteiger partial charge in [-0.2, -0.15) is 0 Å². The molecule has 0 aliphatic rings. The van der Waals surface area contributed by atoms with E-state index in [4.69, 9.17) is 11.6 Å². The maximum Gasteiger partial charge on any atom is 0.242 e. The lowest BCUT2D eigenvalue weighted by Gasteiger charge is -2.30. The Morgan fingerprint density at radius 1 is 1.09 bits per heavy atom. The lowest BCUT2D eigenvalue weighted by atomic mass is 10.1. The summed E-state index contributed by atoms with van der Waals surface area (Å²) in [7, 11) is 0. The van der Waals surface area contributed by atoms with Gasteiger partial charge in [-0.05, 0) is 30.5 Å². The van der Waals surface area contributed by atoms with E-state index in [0.29, 0.717) is 24.0 Å². The molecule has 0 unspecified atom stereocenters. The molecule has 0 fully saturated rings. The van der Waals surface area contributed by atoms with Crippen molar-refractivity contribution in [3.05, 3.63) is 34.9 Å². The minimum absolute atomic E-state index is 0.0350. The highest BCUT2D eigenvalue weighted by atomic mass is 35.5. The minimum atomic E-state index is -0.515. The Morgan fingerprint density at radius 3 is 2.13 bits per heavy atom. The molecule has 1 atom stereocenters. The van der Waals surface area contributed by atoms with E-state index < -0.39 is 6.04 Å². The zero-order chi connectivity index (χ0) is 17.6. The Bertz CT molecular complexity index is 526. The predicted octanol–water partition coefficient (Wildman–Crippen LogP) is 3.49. The van der Waals surface area contributed by atoms with E-state index in [2.05, 4.69) is 5.32 Å². The molecule has 0 saturated carbocycles. The van der Waals surface area contributed by atoms with Crippen LogP contribution in [0.15, 0.2) is 24.3 Å². The summed E-state index contributed by atoms with van der Waals surface area (Å²) in [6.45, 7) is 10.5. The molecule has 0 aliphatic carbocycles. The van der Waals surface area contributed by atoms with Crippen molar-refractivity contribution in [1.82, 2.24) is 10.2 Å². The normalized spacial score (nSPS) is 12.3. The quantitative estimate of drug-likeness (QED) is 0.827. The molecule has 4 nitrogen and oxygen atoms in total. The van der Waals surface area contributed by atoms with Crippen molar-refractivity contribution >= 4 is 23.4 Å². The Labute approximate surface area is 144 Å². The number of nitrogens with zero attached hydrogens (tertiary/aromatic N) is 1. The van der Waals surface area contributed by atoms with E-state index in [1.807, 2.05) is 39.8 Å². The van der Waals surface area contributed by atoms with Crippen molar-refractivity contribution in [2.45, 2.75) is 47.2 Å². The van der Waals surface area contributed by atoms with Gasteiger partial charge in [0.05, 0.1) is 0 Å². The Kier molecular flexibility index (Phi) is 7.56. The summed E-state index contributed by atoms with van der Waals surface area (Å²) in [5.74, 6) is 0.0492. The van der Waals surface area contributed by atoms with Gasteiger partial charge in [-0.15, -0.1) is 0 Å². The van der Waals surface area contributed by atoms with Gasteiger partial charge in [0.2, 0.25) is 11.8 Å². The van der Waals surface area contributed by atoms with Crippen LogP contribution in [-0.2, 0) is 16.1 Å². The smallest absolute Gasteiger partial charge is 0.242 e. The molecule has 1 rings (SSSR count). The molecule has 23 heavy (non-hydrogen) atoms. The number of nitrogens with one attached hydrogen (secondary N) is 1. The van der Waals surface area contributed by atoms with E-state index in [1.54, 1.807) is 24.0 Å². The molecule has 1 N–H and O–H groups in total. The third kappa shape index (κ3) is 6.22. The molecule has 5 heteroatoms. The standard InChI is InChI=1S/C18H27ClN2O2/c1-12(2)10-20-17(22)14(5)21(18(23)13(3)4)11-15-6-8-16(19)9-7-15/h6-9,12-14H,10-11H2,1-5H3,(H,20,22)/t14-/m0/s1. The fraction of sp³-hybridized carbons (Fsp3) is 0.556. The molecule has 0 spiro atoms. The Morgan fingerprint density at radius 2 is 1.65 bits per heavy atom. The molecule has 0 radical (unpaired) electrons. The van der Waals surface area contributed by atoms with Crippen LogP contribution in [0.1, 0.15) is 40.2 Å². The second-order valence-corrected chi connectivity index (χ2v) is 7.00. The summed E-state index contributed by atoms with van der Waals surface area (Å²) < 4.78 is 0. The van der Waals surface area contributed by atoms with Crippen LogP contribution in [0.3, 0.4) is 0 Å². The van der Waals surface area contributed by atoms with Crippen molar-refractivity contribution in [2.24, 2.45) is 11.8 Å². The van der Waals surface area contributed by atoms with Gasteiger partial charge in [-0.3, -0.25) is 9.59 Å². The lowest BCUT2D eigenvalue weighted by molar-refractivity contribution is -0.143. The zero-order valence-corrected chi connectivity index (χ0v) is 15.4. The summed E-state index contributed by atoms with van der Waals surface area (Å²) in [6.07, 6.45) is 0. The Balaban J connectivity index is 2.89. The van der Waals surface area contributed by atoms with E-state index in [0.717, 1.165) is 5.56 Å². The fourth-order valence-electron chi connectivity index (χ4n) is 2.12. The number of halogens is 1. The zero-order valence-electron chi connectivity index (χ0n) is 14.6. The highest BCUT2D eigenvalue weighted by molar-refractivity contribution is 6.30. The number of hydrogen-bond acceptors (Lipinski definition) is 2. The minimum Gasteiger partial charge on any atom is -0.354 e. The van der Waals surface area contributed by atoms with Crippen molar-refractivity contribution in [3.8, 4) is 0 Å². The summed E-state index contributed by atoms with van der Waals surface area (Å²) >= 11 is 5.90. The number of hydrogen-bond donors (Lipinski definition) is 1.